The molecule has 0 bridgehead atoms. The molecule has 6 heteroatoms. The van der Waals surface area contributed by atoms with Gasteiger partial charge in [0.15, 0.2) is 5.79 Å². The lowest BCUT2D eigenvalue weighted by Gasteiger charge is -2.51. The molecule has 1 N–H and O–H groups in total. The van der Waals surface area contributed by atoms with Crippen LogP contribution in [0.25, 0.3) is 0 Å². The Labute approximate surface area is 698 Å². The summed E-state index contributed by atoms with van der Waals surface area (Å²) in [5, 5.41) is 3.90. The minimum Gasteiger partial charge on any atom is -0.347 e. The van der Waals surface area contributed by atoms with Gasteiger partial charge < -0.3 is 14.8 Å². The SMILES string of the molecule is Fc1ccc(C(c2ccc(F)cc2)N2CCCCNCCCCCCCCCCCCCCCCCCCCCCCCCCCCCCCCCCCCCCCC3(CCCCCCCCCCCCCCCCCCCCCCCCCCCCCCCCCCCCCCCCCCCCCC34OCCO4)C2)cc1. The van der Waals surface area contributed by atoms with E-state index < -0.39 is 5.79 Å². The van der Waals surface area contributed by atoms with Crippen LogP contribution in [-0.2, 0) is 9.47 Å². The summed E-state index contributed by atoms with van der Waals surface area (Å²) in [4.78, 5) is 2.79. The summed E-state index contributed by atoms with van der Waals surface area (Å²) in [7, 11) is 0. The third-order valence-electron chi connectivity index (χ3n) is 27.5. The summed E-state index contributed by atoms with van der Waals surface area (Å²) < 4.78 is 45.3. The first-order valence-electron chi connectivity index (χ1n) is 51.8. The van der Waals surface area contributed by atoms with Crippen LogP contribution in [0.1, 0.15) is 563 Å². The van der Waals surface area contributed by atoms with Crippen molar-refractivity contribution in [2.24, 2.45) is 5.41 Å². The molecule has 1 unspecified atom stereocenters. The van der Waals surface area contributed by atoms with Crippen LogP contribution in [-0.4, -0.2) is 50.1 Å². The number of hydrogen-bond acceptors (Lipinski definition) is 4. The monoisotopic (exact) mass is 1560 g/mol. The normalized spacial score (nSPS) is 24.7. The smallest absolute Gasteiger partial charge is 0.175 e. The number of ether oxygens (including phenoxy) is 2. The average molecular weight is 1560 g/mol. The van der Waals surface area contributed by atoms with Gasteiger partial charge in [0, 0.05) is 18.4 Å². The molecule has 0 aromatic heterocycles. The summed E-state index contributed by atoms with van der Waals surface area (Å²) in [6.45, 7) is 5.18. The van der Waals surface area contributed by atoms with E-state index in [-0.39, 0.29) is 23.1 Å². The minimum absolute atomic E-state index is 0.162. The van der Waals surface area contributed by atoms with E-state index in [0.717, 1.165) is 75.8 Å². The summed E-state index contributed by atoms with van der Waals surface area (Å²) >= 11 is 0. The highest BCUT2D eigenvalue weighted by Gasteiger charge is 2.55. The van der Waals surface area contributed by atoms with E-state index in [1.807, 2.05) is 24.3 Å². The molecular weight excluding hydrogens is 1370 g/mol. The van der Waals surface area contributed by atoms with Crippen LogP contribution < -0.4 is 5.32 Å². The van der Waals surface area contributed by atoms with Gasteiger partial charge >= 0.3 is 0 Å². The van der Waals surface area contributed by atoms with Crippen LogP contribution in [0.4, 0.5) is 8.78 Å². The lowest BCUT2D eigenvalue weighted by molar-refractivity contribution is -0.254. The van der Waals surface area contributed by atoms with E-state index in [0.29, 0.717) is 13.2 Å². The predicted molar refractivity (Wildman–Crippen MR) is 489 cm³/mol. The number of nitrogens with one attached hydrogen (secondary N) is 1. The third kappa shape index (κ3) is 54.3. The standard InChI is InChI=1S/C106H192F2N2O2/c107-102-87-83-100(84-88-102)104(101-85-89-103(108)90-86-101)110-96-82-81-95-109-94-80-76-72-68-64-60-56-52-48-44-40-36-32-28-24-20-16-12-8-10-14-18-22-26-30-34-38-42-46-50-54-58-62-66-70-74-78-92-105(99-110)91-77-73-69-65-61-57-53-49-45-41-37-33-29-25-21-17-13-9-6-4-2-1-3-5-7-11-15-19-23-27-31-35-39-43-47-51-55-59-63-67-71-75-79-93-106(105)111-97-98-112-106/h83-90,104,109H,1-82,91-99H2. The Morgan fingerprint density at radius 3 is 0.616 bits per heavy atom. The fourth-order valence-electron chi connectivity index (χ4n) is 20.2. The zero-order chi connectivity index (χ0) is 78.6. The van der Waals surface area contributed by atoms with Gasteiger partial charge in [-0.15, -0.1) is 0 Å². The molecule has 652 valence electrons. The van der Waals surface area contributed by atoms with E-state index in [4.69, 9.17) is 9.47 Å². The van der Waals surface area contributed by atoms with Crippen LogP contribution in [0.5, 0.6) is 0 Å². The number of hydrogen-bond donors (Lipinski definition) is 1. The van der Waals surface area contributed by atoms with Gasteiger partial charge in [0.05, 0.1) is 19.3 Å². The minimum atomic E-state index is -0.671. The second-order valence-electron chi connectivity index (χ2n) is 37.7. The number of benzene rings is 2. The van der Waals surface area contributed by atoms with Crippen molar-refractivity contribution in [2.75, 3.05) is 39.4 Å². The molecule has 1 saturated carbocycles. The van der Waals surface area contributed by atoms with Crippen molar-refractivity contribution in [2.45, 2.75) is 558 Å². The zero-order valence-electron chi connectivity index (χ0n) is 75.1. The van der Waals surface area contributed by atoms with Crippen molar-refractivity contribution in [3.63, 3.8) is 0 Å². The zero-order valence-corrected chi connectivity index (χ0v) is 75.1. The summed E-state index contributed by atoms with van der Waals surface area (Å²) in [5.74, 6) is -1.09. The quantitative estimate of drug-likeness (QED) is 0.332. The summed E-state index contributed by atoms with van der Waals surface area (Å²) in [6, 6.07) is 14.6. The van der Waals surface area contributed by atoms with Crippen molar-refractivity contribution < 1.29 is 18.3 Å². The molecule has 1 atom stereocenters. The predicted octanol–water partition coefficient (Wildman–Crippen LogP) is 35.9. The average Bonchev–Trinajstić information content (AvgIpc) is 1.43. The molecule has 2 saturated heterocycles. The molecule has 4 nitrogen and oxygen atoms in total. The van der Waals surface area contributed by atoms with Crippen LogP contribution in [0.15, 0.2) is 48.5 Å². The third-order valence-corrected chi connectivity index (χ3v) is 27.5. The highest BCUT2D eigenvalue weighted by molar-refractivity contribution is 5.33. The first-order chi connectivity index (χ1) is 55.6. The molecular formula is C106H192F2N2O2. The van der Waals surface area contributed by atoms with Crippen molar-refractivity contribution in [3.05, 3.63) is 71.3 Å². The van der Waals surface area contributed by atoms with Gasteiger partial charge in [-0.05, 0) is 93.6 Å². The number of nitrogens with zero attached hydrogens (tertiary/aromatic N) is 1. The van der Waals surface area contributed by atoms with Crippen LogP contribution in [0, 0.1) is 17.0 Å². The van der Waals surface area contributed by atoms with Crippen LogP contribution >= 0.6 is 0 Å². The second-order valence-corrected chi connectivity index (χ2v) is 37.7. The first-order valence-corrected chi connectivity index (χ1v) is 51.8. The molecule has 2 spiro atoms. The Morgan fingerprint density at radius 1 is 0.223 bits per heavy atom. The fraction of sp³-hybridized carbons (Fsp3) is 0.887. The van der Waals surface area contributed by atoms with Crippen molar-refractivity contribution >= 4 is 0 Å². The highest BCUT2D eigenvalue weighted by Crippen LogP contribution is 2.52. The molecule has 2 heterocycles. The van der Waals surface area contributed by atoms with E-state index >= 15 is 8.78 Å². The number of fused-ring (bicyclic) bond motifs is 1. The van der Waals surface area contributed by atoms with Crippen molar-refractivity contribution in [1.29, 1.82) is 0 Å². The molecule has 112 heavy (non-hydrogen) atoms. The van der Waals surface area contributed by atoms with E-state index in [2.05, 4.69) is 10.2 Å². The molecule has 2 aromatic carbocycles. The molecule has 0 amide bonds. The van der Waals surface area contributed by atoms with Gasteiger partial charge in [-0.25, -0.2) is 8.78 Å². The Bertz CT molecular complexity index is 2140. The Morgan fingerprint density at radius 2 is 0.402 bits per heavy atom. The molecule has 3 aliphatic rings. The molecule has 1 aliphatic carbocycles. The maximum atomic E-state index is 15.2. The largest absolute Gasteiger partial charge is 0.347 e. The van der Waals surface area contributed by atoms with Gasteiger partial charge in [-0.2, -0.15) is 0 Å². The lowest BCUT2D eigenvalue weighted by atomic mass is 9.68. The fourth-order valence-corrected chi connectivity index (χ4v) is 20.2. The van der Waals surface area contributed by atoms with Crippen LogP contribution in [0.2, 0.25) is 0 Å². The second kappa shape index (κ2) is 75.4. The Balaban J connectivity index is 1.28. The molecule has 3 fully saturated rings. The lowest BCUT2D eigenvalue weighted by Crippen LogP contribution is -2.56. The molecule has 2 aromatic rings. The van der Waals surface area contributed by atoms with E-state index in [1.165, 1.54) is 507 Å². The summed E-state index contributed by atoms with van der Waals surface area (Å²) in [6.07, 6.45) is 118. The topological polar surface area (TPSA) is 33.7 Å². The molecule has 0 radical (unpaired) electrons. The molecule has 5 rings (SSSR count). The number of rotatable bonds is 3. The molecule has 2 aliphatic heterocycles. The Hall–Kier alpha value is -1.86. The van der Waals surface area contributed by atoms with Gasteiger partial charge in [0.2, 0.25) is 0 Å². The number of halogens is 2. The highest BCUT2D eigenvalue weighted by atomic mass is 19.1. The maximum absolute atomic E-state index is 15.2. The maximum Gasteiger partial charge on any atom is 0.175 e. The van der Waals surface area contributed by atoms with Crippen molar-refractivity contribution in [1.82, 2.24) is 10.2 Å². The van der Waals surface area contributed by atoms with Gasteiger partial charge in [0.1, 0.15) is 11.6 Å². The van der Waals surface area contributed by atoms with Gasteiger partial charge in [-0.3, -0.25) is 4.90 Å². The van der Waals surface area contributed by atoms with E-state index in [1.54, 1.807) is 24.3 Å². The van der Waals surface area contributed by atoms with E-state index in [9.17, 15) is 0 Å². The van der Waals surface area contributed by atoms with Crippen molar-refractivity contribution in [3.8, 4) is 0 Å². The van der Waals surface area contributed by atoms with Gasteiger partial charge in [-0.1, -0.05) is 525 Å². The van der Waals surface area contributed by atoms with Gasteiger partial charge in [0.25, 0.3) is 0 Å². The Kier molecular flexibility index (Phi) is 67.8. The summed E-state index contributed by atoms with van der Waals surface area (Å²) in [5.41, 5.74) is 1.91. The first kappa shape index (κ1) is 101. The van der Waals surface area contributed by atoms with Crippen LogP contribution in [0.3, 0.4) is 0 Å².